The van der Waals surface area contributed by atoms with Gasteiger partial charge in [0.15, 0.2) is 6.23 Å². The van der Waals surface area contributed by atoms with Crippen LogP contribution in [0.15, 0.2) is 77.9 Å². The first kappa shape index (κ1) is 19.6. The summed E-state index contributed by atoms with van der Waals surface area (Å²) < 4.78 is 22.7. The number of hydrogen-bond donors (Lipinski definition) is 0. The molecule has 0 saturated carbocycles. The minimum absolute atomic E-state index is 0.159. The lowest BCUT2D eigenvalue weighted by molar-refractivity contribution is -0.0366. The summed E-state index contributed by atoms with van der Waals surface area (Å²) in [5.74, 6) is -0.288. The molecule has 1 fully saturated rings. The lowest BCUT2D eigenvalue weighted by Crippen LogP contribution is -2.19. The van der Waals surface area contributed by atoms with Crippen LogP contribution in [0.25, 0.3) is 10.9 Å². The zero-order valence-corrected chi connectivity index (χ0v) is 17.5. The first-order valence-electron chi connectivity index (χ1n) is 10.7. The molecule has 0 aliphatic carbocycles. The molecule has 0 radical (unpaired) electrons. The number of hydrogen-bond acceptors (Lipinski definition) is 3. The van der Waals surface area contributed by atoms with E-state index in [9.17, 15) is 0 Å². The fourth-order valence-corrected chi connectivity index (χ4v) is 4.13. The summed E-state index contributed by atoms with van der Waals surface area (Å²) in [6.45, 7) is 2.48. The van der Waals surface area contributed by atoms with Crippen molar-refractivity contribution >= 4 is 22.3 Å². The van der Waals surface area contributed by atoms with Crippen molar-refractivity contribution in [2.75, 3.05) is 6.61 Å². The highest BCUT2D eigenvalue weighted by atomic mass is 19.1. The van der Waals surface area contributed by atoms with Crippen LogP contribution in [0.5, 0.6) is 0 Å². The van der Waals surface area contributed by atoms with Crippen LogP contribution in [0, 0.1) is 12.7 Å². The predicted octanol–water partition coefficient (Wildman–Crippen LogP) is 6.35. The van der Waals surface area contributed by atoms with Crippen molar-refractivity contribution in [1.29, 1.82) is 0 Å². The first-order valence-corrected chi connectivity index (χ1v) is 10.7. The summed E-state index contributed by atoms with van der Waals surface area (Å²) in [5.41, 5.74) is 4.61. The van der Waals surface area contributed by atoms with E-state index in [1.54, 1.807) is 23.9 Å². The monoisotopic (exact) mass is 413 g/mol. The van der Waals surface area contributed by atoms with Crippen LogP contribution >= 0.6 is 0 Å². The SMILES string of the molecule is Cc1c(F)cc2c(cnn2C2CCCCO2)c1N=C(c1ccccc1)c1ccccc1. The van der Waals surface area contributed by atoms with E-state index in [1.165, 1.54) is 0 Å². The Hall–Kier alpha value is -3.31. The maximum absolute atomic E-state index is 15.0. The molecule has 31 heavy (non-hydrogen) atoms. The van der Waals surface area contributed by atoms with Gasteiger partial charge in [-0.15, -0.1) is 0 Å². The average molecular weight is 413 g/mol. The lowest BCUT2D eigenvalue weighted by Gasteiger charge is -2.23. The summed E-state index contributed by atoms with van der Waals surface area (Å²) in [4.78, 5) is 5.03. The van der Waals surface area contributed by atoms with Crippen LogP contribution in [-0.4, -0.2) is 22.1 Å². The second-order valence-corrected chi connectivity index (χ2v) is 7.87. The predicted molar refractivity (Wildman–Crippen MR) is 121 cm³/mol. The minimum Gasteiger partial charge on any atom is -0.356 e. The van der Waals surface area contributed by atoms with Gasteiger partial charge in [-0.05, 0) is 26.2 Å². The molecular weight excluding hydrogens is 389 g/mol. The molecule has 1 aliphatic heterocycles. The number of fused-ring (bicyclic) bond motifs is 1. The second kappa shape index (κ2) is 8.44. The Morgan fingerprint density at radius 1 is 1.03 bits per heavy atom. The molecule has 1 aliphatic rings. The third-order valence-corrected chi connectivity index (χ3v) is 5.81. The molecule has 0 bridgehead atoms. The van der Waals surface area contributed by atoms with E-state index in [2.05, 4.69) is 5.10 Å². The van der Waals surface area contributed by atoms with Gasteiger partial charge >= 0.3 is 0 Å². The van der Waals surface area contributed by atoms with Crippen LogP contribution in [0.2, 0.25) is 0 Å². The number of ether oxygens (including phenoxy) is 1. The second-order valence-electron chi connectivity index (χ2n) is 7.87. The van der Waals surface area contributed by atoms with Gasteiger partial charge in [-0.3, -0.25) is 0 Å². The Bertz CT molecular complexity index is 1180. The fraction of sp³-hybridized carbons (Fsp3) is 0.231. The van der Waals surface area contributed by atoms with Gasteiger partial charge in [0.05, 0.1) is 23.1 Å². The first-order chi connectivity index (χ1) is 15.2. The van der Waals surface area contributed by atoms with Crippen LogP contribution in [0.3, 0.4) is 0 Å². The smallest absolute Gasteiger partial charge is 0.150 e. The largest absolute Gasteiger partial charge is 0.356 e. The highest BCUT2D eigenvalue weighted by Gasteiger charge is 2.22. The maximum atomic E-state index is 15.0. The molecule has 4 aromatic rings. The van der Waals surface area contributed by atoms with Crippen LogP contribution in [-0.2, 0) is 4.74 Å². The number of rotatable bonds is 4. The molecule has 4 nitrogen and oxygen atoms in total. The third kappa shape index (κ3) is 3.77. The fourth-order valence-electron chi connectivity index (χ4n) is 4.13. The van der Waals surface area contributed by atoms with Crippen molar-refractivity contribution in [3.63, 3.8) is 0 Å². The Morgan fingerprint density at radius 2 is 1.71 bits per heavy atom. The van der Waals surface area contributed by atoms with Gasteiger partial charge < -0.3 is 4.74 Å². The Morgan fingerprint density at radius 3 is 2.32 bits per heavy atom. The molecule has 156 valence electrons. The lowest BCUT2D eigenvalue weighted by atomic mass is 10.0. The summed E-state index contributed by atoms with van der Waals surface area (Å²) >= 11 is 0. The van der Waals surface area contributed by atoms with Crippen LogP contribution < -0.4 is 0 Å². The normalized spacial score (nSPS) is 16.4. The van der Waals surface area contributed by atoms with E-state index in [4.69, 9.17) is 9.73 Å². The standard InChI is InChI=1S/C26H24FN3O/c1-18-22(27)16-23-21(17-28-30(23)24-14-8-9-15-31-24)25(18)29-26(19-10-4-2-5-11-19)20-12-6-3-7-13-20/h2-7,10-13,16-17,24H,8-9,14-15H2,1H3. The highest BCUT2D eigenvalue weighted by Crippen LogP contribution is 2.35. The number of aliphatic imine (C=N–C) groups is 1. The van der Waals surface area contributed by atoms with Crippen molar-refractivity contribution in [1.82, 2.24) is 9.78 Å². The number of halogens is 1. The van der Waals surface area contributed by atoms with Gasteiger partial charge in [-0.1, -0.05) is 60.7 Å². The van der Waals surface area contributed by atoms with Gasteiger partial charge in [0.1, 0.15) is 5.82 Å². The number of nitrogens with zero attached hydrogens (tertiary/aromatic N) is 3. The van der Waals surface area contributed by atoms with Gasteiger partial charge in [-0.25, -0.2) is 14.1 Å². The Balaban J connectivity index is 1.72. The topological polar surface area (TPSA) is 39.4 Å². The molecule has 3 aromatic carbocycles. The van der Waals surface area contributed by atoms with Crippen molar-refractivity contribution in [3.05, 3.63) is 95.4 Å². The van der Waals surface area contributed by atoms with Crippen molar-refractivity contribution < 1.29 is 9.13 Å². The van der Waals surface area contributed by atoms with E-state index in [0.29, 0.717) is 23.4 Å². The van der Waals surface area contributed by atoms with E-state index >= 15 is 4.39 Å². The summed E-state index contributed by atoms with van der Waals surface area (Å²) in [6, 6.07) is 21.6. The van der Waals surface area contributed by atoms with E-state index in [-0.39, 0.29) is 12.0 Å². The Labute approximate surface area is 181 Å². The summed E-state index contributed by atoms with van der Waals surface area (Å²) in [5, 5.41) is 5.40. The molecular formula is C26H24FN3O. The molecule has 5 heteroatoms. The van der Waals surface area contributed by atoms with E-state index in [1.807, 2.05) is 60.7 Å². The zero-order valence-electron chi connectivity index (χ0n) is 17.5. The molecule has 0 N–H and O–H groups in total. The third-order valence-electron chi connectivity index (χ3n) is 5.81. The Kier molecular flexibility index (Phi) is 5.35. The average Bonchev–Trinajstić information content (AvgIpc) is 3.24. The van der Waals surface area contributed by atoms with E-state index in [0.717, 1.165) is 41.5 Å². The number of aromatic nitrogens is 2. The van der Waals surface area contributed by atoms with Crippen LogP contribution in [0.4, 0.5) is 10.1 Å². The quantitative estimate of drug-likeness (QED) is 0.366. The molecule has 1 aromatic heterocycles. The molecule has 1 atom stereocenters. The van der Waals surface area contributed by atoms with Crippen molar-refractivity contribution in [2.24, 2.45) is 4.99 Å². The van der Waals surface area contributed by atoms with Crippen LogP contribution in [0.1, 0.15) is 42.2 Å². The van der Waals surface area contributed by atoms with Crippen molar-refractivity contribution in [2.45, 2.75) is 32.4 Å². The van der Waals surface area contributed by atoms with Gasteiger partial charge in [0.25, 0.3) is 0 Å². The summed E-state index contributed by atoms with van der Waals surface area (Å²) in [6.07, 6.45) is 4.64. The molecule has 1 unspecified atom stereocenters. The molecule has 2 heterocycles. The minimum atomic E-state index is -0.288. The van der Waals surface area contributed by atoms with Gasteiger partial charge in [-0.2, -0.15) is 5.10 Å². The molecule has 5 rings (SSSR count). The molecule has 1 saturated heterocycles. The molecule has 0 amide bonds. The summed E-state index contributed by atoms with van der Waals surface area (Å²) in [7, 11) is 0. The molecule has 0 spiro atoms. The highest BCUT2D eigenvalue weighted by molar-refractivity contribution is 6.15. The van der Waals surface area contributed by atoms with Gasteiger partial charge in [0, 0.05) is 34.7 Å². The zero-order chi connectivity index (χ0) is 21.2. The van der Waals surface area contributed by atoms with Gasteiger partial charge in [0.2, 0.25) is 0 Å². The van der Waals surface area contributed by atoms with E-state index < -0.39 is 0 Å². The van der Waals surface area contributed by atoms with Crippen molar-refractivity contribution in [3.8, 4) is 0 Å². The number of benzene rings is 3. The maximum Gasteiger partial charge on any atom is 0.150 e.